The molecule has 0 radical (unpaired) electrons. The van der Waals surface area contributed by atoms with Crippen LogP contribution >= 0.6 is 23.1 Å². The van der Waals surface area contributed by atoms with Crippen LogP contribution in [-0.4, -0.2) is 32.3 Å². The van der Waals surface area contributed by atoms with Gasteiger partial charge in [-0.3, -0.25) is 9.59 Å². The number of nitrogens with zero attached hydrogens (tertiary/aromatic N) is 3. The van der Waals surface area contributed by atoms with Crippen LogP contribution in [0.1, 0.15) is 48.9 Å². The Hall–Kier alpha value is -1.74. The fourth-order valence-electron chi connectivity index (χ4n) is 2.33. The third-order valence-corrected chi connectivity index (χ3v) is 5.18. The second kappa shape index (κ2) is 9.67. The van der Waals surface area contributed by atoms with Crippen LogP contribution in [0.4, 0.5) is 5.13 Å². The Morgan fingerprint density at radius 3 is 2.76 bits per heavy atom. The highest BCUT2D eigenvalue weighted by atomic mass is 32.2. The molecule has 0 fully saturated rings. The Morgan fingerprint density at radius 1 is 1.28 bits per heavy atom. The number of hydrogen-bond acceptors (Lipinski definition) is 7. The normalized spacial score (nSPS) is 10.8. The van der Waals surface area contributed by atoms with Gasteiger partial charge in [0.2, 0.25) is 11.0 Å². The second-order valence-corrected chi connectivity index (χ2v) is 7.50. The molecular formula is C16H23N5O2S2. The van der Waals surface area contributed by atoms with E-state index in [4.69, 9.17) is 0 Å². The summed E-state index contributed by atoms with van der Waals surface area (Å²) in [5, 5.41) is 12.9. The van der Waals surface area contributed by atoms with Gasteiger partial charge < -0.3 is 10.3 Å². The minimum atomic E-state index is -0.182. The average molecular weight is 382 g/mol. The Kier molecular flexibility index (Phi) is 7.57. The van der Waals surface area contributed by atoms with Crippen molar-refractivity contribution in [2.75, 3.05) is 11.6 Å². The summed E-state index contributed by atoms with van der Waals surface area (Å²) in [5.74, 6) is -0.177. The van der Waals surface area contributed by atoms with E-state index < -0.39 is 0 Å². The first-order valence-corrected chi connectivity index (χ1v) is 10.3. The molecule has 0 spiro atoms. The lowest BCUT2D eigenvalue weighted by atomic mass is 10.1. The van der Waals surface area contributed by atoms with Crippen LogP contribution in [0.3, 0.4) is 0 Å². The summed E-state index contributed by atoms with van der Waals surface area (Å²) in [6.07, 6.45) is 6.70. The van der Waals surface area contributed by atoms with E-state index >= 15 is 0 Å². The number of carbonyl (C=O) groups is 1. The smallest absolute Gasteiger partial charge is 0.254 e. The minimum absolute atomic E-state index is 0.177. The number of aromatic amines is 1. The van der Waals surface area contributed by atoms with Crippen molar-refractivity contribution in [1.29, 1.82) is 0 Å². The third-order valence-electron chi connectivity index (χ3n) is 3.70. The lowest BCUT2D eigenvalue weighted by Gasteiger charge is -2.05. The highest BCUT2D eigenvalue weighted by molar-refractivity contribution is 7.98. The molecule has 0 bridgehead atoms. The van der Waals surface area contributed by atoms with Crippen LogP contribution in [0.2, 0.25) is 0 Å². The van der Waals surface area contributed by atoms with Crippen molar-refractivity contribution in [3.63, 3.8) is 0 Å². The maximum absolute atomic E-state index is 12.1. The quantitative estimate of drug-likeness (QED) is 0.393. The monoisotopic (exact) mass is 381 g/mol. The van der Waals surface area contributed by atoms with E-state index in [0.29, 0.717) is 28.0 Å². The number of unbranched alkanes of at least 4 members (excludes halogenated alkanes) is 2. The summed E-state index contributed by atoms with van der Waals surface area (Å²) in [4.78, 5) is 31.2. The van der Waals surface area contributed by atoms with Crippen LogP contribution in [0, 0.1) is 6.92 Å². The van der Waals surface area contributed by atoms with Crippen LogP contribution in [0.15, 0.2) is 9.95 Å². The van der Waals surface area contributed by atoms with Gasteiger partial charge in [0, 0.05) is 24.1 Å². The first-order valence-electron chi connectivity index (χ1n) is 8.29. The van der Waals surface area contributed by atoms with Gasteiger partial charge in [0.1, 0.15) is 5.01 Å². The summed E-state index contributed by atoms with van der Waals surface area (Å²) in [6.45, 7) is 3.94. The number of aromatic nitrogens is 4. The third kappa shape index (κ3) is 5.93. The highest BCUT2D eigenvalue weighted by Gasteiger charge is 2.12. The molecule has 136 valence electrons. The van der Waals surface area contributed by atoms with E-state index in [9.17, 15) is 9.59 Å². The minimum Gasteiger partial charge on any atom is -0.301 e. The van der Waals surface area contributed by atoms with Crippen molar-refractivity contribution in [1.82, 2.24) is 20.2 Å². The molecule has 1 amide bonds. The largest absolute Gasteiger partial charge is 0.301 e. The molecular weight excluding hydrogens is 358 g/mol. The van der Waals surface area contributed by atoms with E-state index in [0.717, 1.165) is 24.3 Å². The molecule has 9 heteroatoms. The number of H-pyrrole nitrogens is 1. The summed E-state index contributed by atoms with van der Waals surface area (Å²) >= 11 is 2.79. The average Bonchev–Trinajstić information content (AvgIpc) is 3.01. The van der Waals surface area contributed by atoms with Crippen molar-refractivity contribution >= 4 is 34.1 Å². The fraction of sp³-hybridized carbons (Fsp3) is 0.562. The molecule has 0 aliphatic rings. The predicted molar refractivity (Wildman–Crippen MR) is 101 cm³/mol. The van der Waals surface area contributed by atoms with Crippen LogP contribution in [0.25, 0.3) is 0 Å². The lowest BCUT2D eigenvalue weighted by molar-refractivity contribution is -0.116. The van der Waals surface area contributed by atoms with Crippen molar-refractivity contribution < 1.29 is 4.79 Å². The molecule has 0 saturated heterocycles. The molecule has 7 nitrogen and oxygen atoms in total. The van der Waals surface area contributed by atoms with Gasteiger partial charge >= 0.3 is 0 Å². The van der Waals surface area contributed by atoms with Gasteiger partial charge in [0.25, 0.3) is 5.56 Å². The number of anilines is 1. The zero-order valence-corrected chi connectivity index (χ0v) is 16.4. The zero-order valence-electron chi connectivity index (χ0n) is 14.7. The topological polar surface area (TPSA) is 101 Å². The van der Waals surface area contributed by atoms with E-state index in [-0.39, 0.29) is 17.9 Å². The maximum atomic E-state index is 12.1. The van der Waals surface area contributed by atoms with E-state index in [1.54, 1.807) is 6.92 Å². The first kappa shape index (κ1) is 19.6. The molecule has 0 saturated carbocycles. The van der Waals surface area contributed by atoms with Crippen molar-refractivity contribution in [2.24, 2.45) is 0 Å². The molecule has 0 unspecified atom stereocenters. The van der Waals surface area contributed by atoms with E-state index in [1.807, 2.05) is 6.26 Å². The molecule has 2 rings (SSSR count). The molecule has 2 N–H and O–H groups in total. The van der Waals surface area contributed by atoms with Gasteiger partial charge in [-0.2, -0.15) is 0 Å². The second-order valence-electron chi connectivity index (χ2n) is 5.65. The van der Waals surface area contributed by atoms with E-state index in [2.05, 4.69) is 32.4 Å². The van der Waals surface area contributed by atoms with Gasteiger partial charge in [-0.05, 0) is 26.0 Å². The van der Waals surface area contributed by atoms with Crippen molar-refractivity contribution in [3.05, 3.63) is 26.6 Å². The maximum Gasteiger partial charge on any atom is 0.254 e. The summed E-state index contributed by atoms with van der Waals surface area (Å²) in [5.41, 5.74) is 1.03. The standard InChI is InChI=1S/C16H23N5O2S2/c1-4-5-6-7-13-20-21-16(25-13)18-12(22)9-8-11-10(2)17-15(24-3)19-14(11)23/h4-9H2,1-3H3,(H,17,19,23)(H,18,21,22). The SMILES string of the molecule is CCCCCc1nnc(NC(=O)CCc2c(C)nc(SC)[nH]c2=O)s1. The zero-order chi connectivity index (χ0) is 18.2. The summed E-state index contributed by atoms with van der Waals surface area (Å²) < 4.78 is 0. The fourth-order valence-corrected chi connectivity index (χ4v) is 3.55. The first-order chi connectivity index (χ1) is 12.0. The highest BCUT2D eigenvalue weighted by Crippen LogP contribution is 2.18. The number of thioether (sulfide) groups is 1. The van der Waals surface area contributed by atoms with Crippen LogP contribution in [0.5, 0.6) is 0 Å². The molecule has 0 atom stereocenters. The molecule has 2 aromatic heterocycles. The van der Waals surface area contributed by atoms with Crippen LogP contribution in [-0.2, 0) is 17.6 Å². The molecule has 0 aliphatic heterocycles. The van der Waals surface area contributed by atoms with Crippen LogP contribution < -0.4 is 10.9 Å². The van der Waals surface area contributed by atoms with Gasteiger partial charge in [0.15, 0.2) is 5.16 Å². The Morgan fingerprint density at radius 2 is 2.08 bits per heavy atom. The number of aryl methyl sites for hydroxylation is 2. The molecule has 0 aliphatic carbocycles. The lowest BCUT2D eigenvalue weighted by Crippen LogP contribution is -2.20. The van der Waals surface area contributed by atoms with Crippen molar-refractivity contribution in [3.8, 4) is 0 Å². The summed E-state index contributed by atoms with van der Waals surface area (Å²) in [7, 11) is 0. The van der Waals surface area contributed by atoms with Gasteiger partial charge in [-0.15, -0.1) is 10.2 Å². The van der Waals surface area contributed by atoms with Gasteiger partial charge in [-0.25, -0.2) is 4.98 Å². The Labute approximate surface area is 155 Å². The number of hydrogen-bond donors (Lipinski definition) is 2. The molecule has 2 heterocycles. The predicted octanol–water partition coefficient (Wildman–Crippen LogP) is 2.96. The van der Waals surface area contributed by atoms with Gasteiger partial charge in [0.05, 0.1) is 0 Å². The number of amides is 1. The summed E-state index contributed by atoms with van der Waals surface area (Å²) in [6, 6.07) is 0. The molecule has 25 heavy (non-hydrogen) atoms. The van der Waals surface area contributed by atoms with Gasteiger partial charge in [-0.1, -0.05) is 42.9 Å². The Balaban J connectivity index is 1.88. The Bertz CT molecular complexity index is 772. The molecule has 2 aromatic rings. The molecule has 0 aromatic carbocycles. The van der Waals surface area contributed by atoms with Crippen molar-refractivity contribution in [2.45, 2.75) is 57.5 Å². The number of rotatable bonds is 9. The number of nitrogens with one attached hydrogen (secondary N) is 2. The van der Waals surface area contributed by atoms with E-state index in [1.165, 1.54) is 29.5 Å². The number of carbonyl (C=O) groups excluding carboxylic acids is 1.